The van der Waals surface area contributed by atoms with Gasteiger partial charge in [0.05, 0.1) is 13.2 Å². The minimum atomic E-state index is -3.35. The molecule has 0 saturated heterocycles. The lowest BCUT2D eigenvalue weighted by Crippen LogP contribution is -2.16. The zero-order valence-electron chi connectivity index (χ0n) is 22.5. The van der Waals surface area contributed by atoms with Gasteiger partial charge in [-0.1, -0.05) is 58.1 Å². The van der Waals surface area contributed by atoms with Crippen molar-refractivity contribution in [1.29, 1.82) is 0 Å². The van der Waals surface area contributed by atoms with E-state index in [1.807, 2.05) is 34.6 Å². The first kappa shape index (κ1) is 37.4. The number of rotatable bonds is 17. The number of phosphoric ester groups is 2. The van der Waals surface area contributed by atoms with E-state index in [2.05, 4.69) is 18.1 Å². The van der Waals surface area contributed by atoms with Gasteiger partial charge in [-0.25, -0.2) is 9.13 Å². The standard InChI is InChI=1S/C11H23O5PS.C10H21O5PS/c1-11(2,3)10(12)18-9-7-6-8-16-17(13,14-4)15-5;1-9(2)10(11)17-8-6-5-7-15-16(12,13-3)14-4/h6-9H2,1-5H3;9H,5-8H2,1-4H3. The Hall–Kier alpha value is 0.260. The van der Waals surface area contributed by atoms with E-state index in [1.165, 1.54) is 52.0 Å². The molecule has 0 amide bonds. The first-order valence-corrected chi connectivity index (χ1v) is 16.2. The van der Waals surface area contributed by atoms with Crippen LogP contribution in [0.25, 0.3) is 0 Å². The summed E-state index contributed by atoms with van der Waals surface area (Å²) in [5.74, 6) is 1.56. The predicted molar refractivity (Wildman–Crippen MR) is 143 cm³/mol. The van der Waals surface area contributed by atoms with Gasteiger partial charge in [0.1, 0.15) is 0 Å². The number of hydrogen-bond donors (Lipinski definition) is 0. The maximum atomic E-state index is 11.6. The highest BCUT2D eigenvalue weighted by molar-refractivity contribution is 8.13. The Balaban J connectivity index is 0. The molecule has 210 valence electrons. The Morgan fingerprint density at radius 1 is 0.714 bits per heavy atom. The summed E-state index contributed by atoms with van der Waals surface area (Å²) in [7, 11) is -1.57. The lowest BCUT2D eigenvalue weighted by molar-refractivity contribution is -0.117. The van der Waals surface area contributed by atoms with Crippen LogP contribution in [0.5, 0.6) is 0 Å². The van der Waals surface area contributed by atoms with Crippen LogP contribution in [0.3, 0.4) is 0 Å². The molecule has 14 heteroatoms. The Morgan fingerprint density at radius 2 is 1.09 bits per heavy atom. The van der Waals surface area contributed by atoms with Gasteiger partial charge in [-0.05, 0) is 25.7 Å². The summed E-state index contributed by atoms with van der Waals surface area (Å²) >= 11 is 2.65. The monoisotopic (exact) mass is 582 g/mol. The number of carbonyl (C=O) groups is 2. The third-order valence-corrected chi connectivity index (χ3v) is 9.43. The molecular formula is C21H44O10P2S2. The molecule has 0 rings (SSSR count). The van der Waals surface area contributed by atoms with Crippen molar-refractivity contribution in [2.75, 3.05) is 53.2 Å². The van der Waals surface area contributed by atoms with Crippen molar-refractivity contribution in [2.24, 2.45) is 11.3 Å². The maximum Gasteiger partial charge on any atom is 0.474 e. The highest BCUT2D eigenvalue weighted by Crippen LogP contribution is 2.48. The second-order valence-corrected chi connectivity index (χ2v) is 14.3. The Kier molecular flexibility index (Phi) is 21.6. The first-order chi connectivity index (χ1) is 16.2. The molecule has 0 bridgehead atoms. The minimum absolute atomic E-state index is 0.0680. The fourth-order valence-corrected chi connectivity index (χ4v) is 5.12. The van der Waals surface area contributed by atoms with E-state index in [9.17, 15) is 18.7 Å². The van der Waals surface area contributed by atoms with Crippen LogP contribution in [-0.4, -0.2) is 63.4 Å². The molecule has 0 aromatic rings. The van der Waals surface area contributed by atoms with Gasteiger partial charge >= 0.3 is 15.6 Å². The van der Waals surface area contributed by atoms with Crippen molar-refractivity contribution in [3.8, 4) is 0 Å². The van der Waals surface area contributed by atoms with E-state index in [0.29, 0.717) is 19.6 Å². The van der Waals surface area contributed by atoms with Gasteiger partial charge in [-0.15, -0.1) is 0 Å². The summed E-state index contributed by atoms with van der Waals surface area (Å²) in [5.41, 5.74) is -0.303. The molecule has 0 aliphatic carbocycles. The molecule has 0 spiro atoms. The number of phosphoric acid groups is 2. The third kappa shape index (κ3) is 20.0. The zero-order valence-corrected chi connectivity index (χ0v) is 25.9. The molecule has 10 nitrogen and oxygen atoms in total. The van der Waals surface area contributed by atoms with E-state index in [-0.39, 0.29) is 21.6 Å². The maximum absolute atomic E-state index is 11.6. The van der Waals surface area contributed by atoms with Crippen LogP contribution in [0.1, 0.15) is 60.3 Å². The molecule has 0 heterocycles. The smallest absolute Gasteiger partial charge is 0.290 e. The lowest BCUT2D eigenvalue weighted by Gasteiger charge is -2.15. The van der Waals surface area contributed by atoms with E-state index >= 15 is 0 Å². The number of carbonyl (C=O) groups excluding carboxylic acids is 2. The molecule has 35 heavy (non-hydrogen) atoms. The van der Waals surface area contributed by atoms with Crippen LogP contribution >= 0.6 is 39.2 Å². The molecule has 0 radical (unpaired) electrons. The Bertz CT molecular complexity index is 668. The number of unbranched alkanes of at least 4 members (excludes halogenated alkanes) is 2. The normalized spacial score (nSPS) is 12.4. The molecule has 0 aromatic carbocycles. The molecule has 0 saturated carbocycles. The molecular weight excluding hydrogens is 538 g/mol. The summed E-state index contributed by atoms with van der Waals surface area (Å²) in [6.07, 6.45) is 3.08. The van der Waals surface area contributed by atoms with E-state index in [1.54, 1.807) is 0 Å². The highest BCUT2D eigenvalue weighted by atomic mass is 32.2. The summed E-state index contributed by atoms with van der Waals surface area (Å²) in [6.45, 7) is 10.1. The molecule has 0 aromatic heterocycles. The van der Waals surface area contributed by atoms with Gasteiger partial charge in [0.15, 0.2) is 10.2 Å². The highest BCUT2D eigenvalue weighted by Gasteiger charge is 2.23. The summed E-state index contributed by atoms with van der Waals surface area (Å²) < 4.78 is 51.5. The topological polar surface area (TPSA) is 124 Å². The Morgan fingerprint density at radius 3 is 1.40 bits per heavy atom. The summed E-state index contributed by atoms with van der Waals surface area (Å²) in [4.78, 5) is 22.9. The SMILES string of the molecule is COP(=O)(OC)OCCCCSC(=O)C(C)(C)C.COP(=O)(OC)OCCCCSC(=O)C(C)C. The van der Waals surface area contributed by atoms with Crippen LogP contribution in [-0.2, 0) is 45.9 Å². The quantitative estimate of drug-likeness (QED) is 0.136. The van der Waals surface area contributed by atoms with Gasteiger partial charge in [0, 0.05) is 51.3 Å². The van der Waals surface area contributed by atoms with Gasteiger partial charge < -0.3 is 0 Å². The van der Waals surface area contributed by atoms with E-state index < -0.39 is 15.6 Å². The van der Waals surface area contributed by atoms with E-state index in [0.717, 1.165) is 30.8 Å². The fraction of sp³-hybridized carbons (Fsp3) is 0.905. The second kappa shape index (κ2) is 20.3. The molecule has 0 N–H and O–H groups in total. The van der Waals surface area contributed by atoms with Crippen molar-refractivity contribution < 1.29 is 45.9 Å². The zero-order chi connectivity index (χ0) is 27.5. The minimum Gasteiger partial charge on any atom is -0.290 e. The largest absolute Gasteiger partial charge is 0.474 e. The van der Waals surface area contributed by atoms with Crippen molar-refractivity contribution in [3.05, 3.63) is 0 Å². The molecule has 0 unspecified atom stereocenters. The number of thioether (sulfide) groups is 2. The van der Waals surface area contributed by atoms with Gasteiger partial charge in [-0.3, -0.25) is 36.7 Å². The molecule has 0 aliphatic rings. The average molecular weight is 583 g/mol. The summed E-state index contributed by atoms with van der Waals surface area (Å²) in [5, 5.41) is 0.383. The third-order valence-electron chi connectivity index (χ3n) is 4.03. The van der Waals surface area contributed by atoms with Crippen LogP contribution in [0.4, 0.5) is 0 Å². The Labute approximate surface area is 219 Å². The van der Waals surface area contributed by atoms with Crippen molar-refractivity contribution in [2.45, 2.75) is 60.3 Å². The van der Waals surface area contributed by atoms with Crippen LogP contribution in [0.15, 0.2) is 0 Å². The van der Waals surface area contributed by atoms with Gasteiger partial charge in [-0.2, -0.15) is 0 Å². The van der Waals surface area contributed by atoms with Crippen molar-refractivity contribution in [3.63, 3.8) is 0 Å². The molecule has 0 atom stereocenters. The second-order valence-electron chi connectivity index (χ2n) is 8.41. The van der Waals surface area contributed by atoms with Crippen LogP contribution < -0.4 is 0 Å². The number of hydrogen-bond acceptors (Lipinski definition) is 12. The molecule has 0 aliphatic heterocycles. The fourth-order valence-electron chi connectivity index (χ4n) is 1.84. The molecule has 0 fully saturated rings. The predicted octanol–water partition coefficient (Wildman–Crippen LogP) is 6.59. The van der Waals surface area contributed by atoms with Gasteiger partial charge in [0.25, 0.3) is 0 Å². The van der Waals surface area contributed by atoms with Crippen molar-refractivity contribution in [1.82, 2.24) is 0 Å². The summed E-state index contributed by atoms with van der Waals surface area (Å²) in [6, 6.07) is 0. The lowest BCUT2D eigenvalue weighted by atomic mass is 10.00. The van der Waals surface area contributed by atoms with Crippen LogP contribution in [0, 0.1) is 11.3 Å². The van der Waals surface area contributed by atoms with E-state index in [4.69, 9.17) is 9.05 Å². The van der Waals surface area contributed by atoms with Gasteiger partial charge in [0.2, 0.25) is 0 Å². The average Bonchev–Trinajstić information content (AvgIpc) is 2.82. The van der Waals surface area contributed by atoms with Crippen LogP contribution in [0.2, 0.25) is 0 Å². The first-order valence-electron chi connectivity index (χ1n) is 11.3. The van der Waals surface area contributed by atoms with Crippen molar-refractivity contribution >= 4 is 49.4 Å².